The molecule has 0 bridgehead atoms. The van der Waals surface area contributed by atoms with Gasteiger partial charge in [0.15, 0.2) is 0 Å². The lowest BCUT2D eigenvalue weighted by Gasteiger charge is -2.23. The molecule has 0 heterocycles. The number of halogens is 2. The summed E-state index contributed by atoms with van der Waals surface area (Å²) in [5.41, 5.74) is 0.356. The third-order valence-corrected chi connectivity index (χ3v) is 2.54. The van der Waals surface area contributed by atoms with E-state index < -0.39 is 11.6 Å². The van der Waals surface area contributed by atoms with Crippen molar-refractivity contribution in [1.82, 2.24) is 0 Å². The first-order valence-electron chi connectivity index (χ1n) is 4.43. The quantitative estimate of drug-likeness (QED) is 0.658. The van der Waals surface area contributed by atoms with Gasteiger partial charge in [0.1, 0.15) is 11.6 Å². The Labute approximate surface area is 77.6 Å². The summed E-state index contributed by atoms with van der Waals surface area (Å²) in [7, 11) is 0. The van der Waals surface area contributed by atoms with Gasteiger partial charge in [-0.3, -0.25) is 0 Å². The van der Waals surface area contributed by atoms with Crippen LogP contribution in [0, 0.1) is 11.6 Å². The second kappa shape index (κ2) is 3.44. The minimum Gasteiger partial charge on any atom is -0.207 e. The molecular formula is C11H14F2. The highest BCUT2D eigenvalue weighted by atomic mass is 19.1. The lowest BCUT2D eigenvalue weighted by atomic mass is 9.82. The highest BCUT2D eigenvalue weighted by Gasteiger charge is 2.21. The van der Waals surface area contributed by atoms with Crippen molar-refractivity contribution in [3.05, 3.63) is 35.4 Å². The molecule has 13 heavy (non-hydrogen) atoms. The maximum Gasteiger partial charge on any atom is 0.129 e. The van der Waals surface area contributed by atoms with E-state index in [0.717, 1.165) is 12.5 Å². The molecule has 1 aromatic carbocycles. The minimum absolute atomic E-state index is 0.224. The molecule has 0 N–H and O–H groups in total. The van der Waals surface area contributed by atoms with Gasteiger partial charge in [0.25, 0.3) is 0 Å². The normalized spacial score (nSPS) is 11.8. The predicted molar refractivity (Wildman–Crippen MR) is 49.7 cm³/mol. The summed E-state index contributed by atoms with van der Waals surface area (Å²) in [6, 6.07) is 3.76. The Morgan fingerprint density at radius 2 is 1.85 bits per heavy atom. The fraction of sp³-hybridized carbons (Fsp3) is 0.455. The van der Waals surface area contributed by atoms with Gasteiger partial charge in [-0.1, -0.05) is 26.8 Å². The number of rotatable bonds is 2. The standard InChI is InChI=1S/C11H14F2/c1-4-11(2,3)9-6-5-8(12)7-10(9)13/h5-7H,4H2,1-3H3. The lowest BCUT2D eigenvalue weighted by Crippen LogP contribution is -2.17. The zero-order valence-corrected chi connectivity index (χ0v) is 8.20. The molecular weight excluding hydrogens is 170 g/mol. The van der Waals surface area contributed by atoms with Crippen molar-refractivity contribution in [2.24, 2.45) is 0 Å². The average Bonchev–Trinajstić information content (AvgIpc) is 2.03. The number of benzene rings is 1. The van der Waals surface area contributed by atoms with Crippen LogP contribution in [-0.2, 0) is 5.41 Å². The summed E-state index contributed by atoms with van der Waals surface area (Å²) >= 11 is 0. The van der Waals surface area contributed by atoms with Gasteiger partial charge < -0.3 is 0 Å². The van der Waals surface area contributed by atoms with Crippen LogP contribution < -0.4 is 0 Å². The third-order valence-electron chi connectivity index (χ3n) is 2.54. The van der Waals surface area contributed by atoms with Gasteiger partial charge in [0.2, 0.25) is 0 Å². The molecule has 72 valence electrons. The van der Waals surface area contributed by atoms with Crippen molar-refractivity contribution in [3.8, 4) is 0 Å². The monoisotopic (exact) mass is 184 g/mol. The van der Waals surface area contributed by atoms with Gasteiger partial charge in [-0.25, -0.2) is 8.78 Å². The van der Waals surface area contributed by atoms with E-state index in [0.29, 0.717) is 5.56 Å². The molecule has 0 aromatic heterocycles. The third kappa shape index (κ3) is 2.06. The van der Waals surface area contributed by atoms with E-state index in [9.17, 15) is 8.78 Å². The van der Waals surface area contributed by atoms with E-state index >= 15 is 0 Å². The van der Waals surface area contributed by atoms with Gasteiger partial charge in [-0.05, 0) is 23.5 Å². The molecule has 0 nitrogen and oxygen atoms in total. The van der Waals surface area contributed by atoms with Gasteiger partial charge in [-0.15, -0.1) is 0 Å². The second-order valence-electron chi connectivity index (χ2n) is 3.86. The van der Waals surface area contributed by atoms with Crippen LogP contribution in [0.15, 0.2) is 18.2 Å². The fourth-order valence-corrected chi connectivity index (χ4v) is 1.23. The molecule has 0 spiro atoms. The van der Waals surface area contributed by atoms with Crippen molar-refractivity contribution in [1.29, 1.82) is 0 Å². The zero-order chi connectivity index (χ0) is 10.1. The molecule has 1 aromatic rings. The van der Waals surface area contributed by atoms with Crippen LogP contribution in [0.4, 0.5) is 8.78 Å². The first kappa shape index (κ1) is 10.2. The van der Waals surface area contributed by atoms with E-state index in [1.807, 2.05) is 20.8 Å². The van der Waals surface area contributed by atoms with Crippen LogP contribution in [0.3, 0.4) is 0 Å². The van der Waals surface area contributed by atoms with E-state index in [1.165, 1.54) is 12.1 Å². The van der Waals surface area contributed by atoms with Crippen LogP contribution in [0.25, 0.3) is 0 Å². The topological polar surface area (TPSA) is 0 Å². The first-order chi connectivity index (χ1) is 5.97. The summed E-state index contributed by atoms with van der Waals surface area (Å²) in [6.07, 6.45) is 0.829. The Kier molecular flexibility index (Phi) is 2.69. The molecule has 0 aliphatic rings. The summed E-state index contributed by atoms with van der Waals surface area (Å²) in [4.78, 5) is 0. The molecule has 0 aliphatic carbocycles. The Morgan fingerprint density at radius 3 is 2.31 bits per heavy atom. The molecule has 0 saturated carbocycles. The predicted octanol–water partition coefficient (Wildman–Crippen LogP) is 3.65. The van der Waals surface area contributed by atoms with Crippen LogP contribution >= 0.6 is 0 Å². The minimum atomic E-state index is -0.520. The molecule has 0 fully saturated rings. The summed E-state index contributed by atoms with van der Waals surface area (Å²) in [5, 5.41) is 0. The number of hydrogen-bond acceptors (Lipinski definition) is 0. The van der Waals surface area contributed by atoms with Gasteiger partial charge in [0.05, 0.1) is 0 Å². The summed E-state index contributed by atoms with van der Waals surface area (Å²) < 4.78 is 25.9. The highest BCUT2D eigenvalue weighted by molar-refractivity contribution is 5.25. The molecule has 1 rings (SSSR count). The van der Waals surface area contributed by atoms with Crippen molar-refractivity contribution < 1.29 is 8.78 Å². The van der Waals surface area contributed by atoms with Crippen LogP contribution in [0.1, 0.15) is 32.8 Å². The van der Waals surface area contributed by atoms with Gasteiger partial charge in [0, 0.05) is 6.07 Å². The van der Waals surface area contributed by atoms with Crippen LogP contribution in [0.5, 0.6) is 0 Å². The second-order valence-corrected chi connectivity index (χ2v) is 3.86. The van der Waals surface area contributed by atoms with Crippen molar-refractivity contribution in [2.45, 2.75) is 32.6 Å². The molecule has 0 atom stereocenters. The largest absolute Gasteiger partial charge is 0.207 e. The van der Waals surface area contributed by atoms with Crippen molar-refractivity contribution >= 4 is 0 Å². The van der Waals surface area contributed by atoms with E-state index in [4.69, 9.17) is 0 Å². The van der Waals surface area contributed by atoms with E-state index in [1.54, 1.807) is 0 Å². The maximum atomic E-state index is 13.3. The Hall–Kier alpha value is -0.920. The smallest absolute Gasteiger partial charge is 0.129 e. The molecule has 0 aliphatic heterocycles. The molecule has 0 amide bonds. The highest BCUT2D eigenvalue weighted by Crippen LogP contribution is 2.28. The molecule has 2 heteroatoms. The number of hydrogen-bond donors (Lipinski definition) is 0. The zero-order valence-electron chi connectivity index (χ0n) is 8.20. The summed E-state index contributed by atoms with van der Waals surface area (Å²) in [6.45, 7) is 5.88. The lowest BCUT2D eigenvalue weighted by molar-refractivity contribution is 0.464. The van der Waals surface area contributed by atoms with Gasteiger partial charge >= 0.3 is 0 Å². The average molecular weight is 184 g/mol. The Balaban J connectivity index is 3.16. The maximum absolute atomic E-state index is 13.3. The van der Waals surface area contributed by atoms with Gasteiger partial charge in [-0.2, -0.15) is 0 Å². The van der Waals surface area contributed by atoms with E-state index in [2.05, 4.69) is 0 Å². The SMILES string of the molecule is CCC(C)(C)c1ccc(F)cc1F. The molecule has 0 unspecified atom stereocenters. The first-order valence-corrected chi connectivity index (χ1v) is 4.43. The van der Waals surface area contributed by atoms with Crippen LogP contribution in [0.2, 0.25) is 0 Å². The van der Waals surface area contributed by atoms with E-state index in [-0.39, 0.29) is 5.41 Å². The Morgan fingerprint density at radius 1 is 1.23 bits per heavy atom. The summed E-state index contributed by atoms with van der Waals surface area (Å²) in [5.74, 6) is -0.972. The van der Waals surface area contributed by atoms with Crippen molar-refractivity contribution in [3.63, 3.8) is 0 Å². The fourth-order valence-electron chi connectivity index (χ4n) is 1.23. The van der Waals surface area contributed by atoms with Crippen molar-refractivity contribution in [2.75, 3.05) is 0 Å². The Bertz CT molecular complexity index is 303. The molecule has 0 radical (unpaired) electrons. The molecule has 0 saturated heterocycles. The van der Waals surface area contributed by atoms with Crippen LogP contribution in [-0.4, -0.2) is 0 Å².